The van der Waals surface area contributed by atoms with Gasteiger partial charge in [0, 0.05) is 16.8 Å². The van der Waals surface area contributed by atoms with Gasteiger partial charge in [-0.25, -0.2) is 0 Å². The second kappa shape index (κ2) is 2.98. The molecule has 0 aromatic rings. The van der Waals surface area contributed by atoms with Crippen LogP contribution < -0.4 is 5.32 Å². The van der Waals surface area contributed by atoms with E-state index < -0.39 is 0 Å². The van der Waals surface area contributed by atoms with Crippen LogP contribution in [-0.4, -0.2) is 16.8 Å². The van der Waals surface area contributed by atoms with E-state index in [0.717, 1.165) is 6.54 Å². The first-order chi connectivity index (χ1) is 4.97. The minimum absolute atomic E-state index is 0.262. The van der Waals surface area contributed by atoms with Crippen LogP contribution in [0, 0.1) is 0 Å². The molecule has 0 radical (unpaired) electrons. The Morgan fingerprint density at radius 2 is 2.09 bits per heavy atom. The average molecular weight is 173 g/mol. The number of hydrogen-bond acceptors (Lipinski definition) is 2. The lowest BCUT2D eigenvalue weighted by Crippen LogP contribution is -2.31. The molecule has 1 saturated heterocycles. The van der Waals surface area contributed by atoms with Gasteiger partial charge in [0.05, 0.1) is 0 Å². The standard InChI is InChI=1S/C9H19NS/c1-4-5-9(11)6-8(2,3)10-7-9/h10-11H,4-7H2,1-3H3/t9-/m1/s1. The number of thiol groups is 1. The van der Waals surface area contributed by atoms with Crippen LogP contribution in [0.4, 0.5) is 0 Å². The Kier molecular flexibility index (Phi) is 2.55. The lowest BCUT2D eigenvalue weighted by molar-refractivity contribution is 0.445. The molecule has 0 aromatic carbocycles. The molecule has 66 valence electrons. The third-order valence-electron chi connectivity index (χ3n) is 2.38. The highest BCUT2D eigenvalue weighted by Gasteiger charge is 2.39. The molecule has 1 rings (SSSR count). The average Bonchev–Trinajstić information content (AvgIpc) is 2.07. The molecular formula is C9H19NS. The maximum Gasteiger partial charge on any atom is 0.0271 e. The summed E-state index contributed by atoms with van der Waals surface area (Å²) in [6, 6.07) is 0. The van der Waals surface area contributed by atoms with E-state index in [4.69, 9.17) is 12.6 Å². The molecule has 0 aromatic heterocycles. The van der Waals surface area contributed by atoms with Crippen molar-refractivity contribution in [1.29, 1.82) is 0 Å². The molecule has 0 unspecified atom stereocenters. The van der Waals surface area contributed by atoms with Crippen LogP contribution in [0.3, 0.4) is 0 Å². The highest BCUT2D eigenvalue weighted by molar-refractivity contribution is 7.81. The smallest absolute Gasteiger partial charge is 0.0271 e. The molecule has 1 atom stereocenters. The largest absolute Gasteiger partial charge is 0.310 e. The molecule has 1 fully saturated rings. The van der Waals surface area contributed by atoms with Gasteiger partial charge in [-0.05, 0) is 26.7 Å². The molecule has 1 heterocycles. The van der Waals surface area contributed by atoms with Crippen molar-refractivity contribution in [1.82, 2.24) is 5.32 Å². The Morgan fingerprint density at radius 3 is 2.45 bits per heavy atom. The van der Waals surface area contributed by atoms with E-state index >= 15 is 0 Å². The monoisotopic (exact) mass is 173 g/mol. The van der Waals surface area contributed by atoms with E-state index in [0.29, 0.717) is 5.54 Å². The SMILES string of the molecule is CCC[C@]1(S)CNC(C)(C)C1. The molecule has 1 aliphatic heterocycles. The van der Waals surface area contributed by atoms with Gasteiger partial charge in [-0.2, -0.15) is 12.6 Å². The quantitative estimate of drug-likeness (QED) is 0.610. The van der Waals surface area contributed by atoms with Crippen LogP contribution in [0.1, 0.15) is 40.0 Å². The maximum atomic E-state index is 4.71. The van der Waals surface area contributed by atoms with Gasteiger partial charge in [0.15, 0.2) is 0 Å². The molecule has 11 heavy (non-hydrogen) atoms. The normalized spacial score (nSPS) is 36.0. The minimum atomic E-state index is 0.262. The highest BCUT2D eigenvalue weighted by Crippen LogP contribution is 2.35. The summed E-state index contributed by atoms with van der Waals surface area (Å²) in [5.74, 6) is 0. The molecule has 1 N–H and O–H groups in total. The fraction of sp³-hybridized carbons (Fsp3) is 1.00. The zero-order valence-corrected chi connectivity index (χ0v) is 8.67. The van der Waals surface area contributed by atoms with Gasteiger partial charge in [-0.1, -0.05) is 13.3 Å². The molecule has 1 aliphatic rings. The fourth-order valence-electron chi connectivity index (χ4n) is 1.99. The molecule has 0 spiro atoms. The second-order valence-corrected chi connectivity index (χ2v) is 5.34. The Labute approximate surface area is 75.4 Å². The van der Waals surface area contributed by atoms with E-state index in [1.54, 1.807) is 0 Å². The van der Waals surface area contributed by atoms with Crippen molar-refractivity contribution in [2.75, 3.05) is 6.54 Å². The summed E-state index contributed by atoms with van der Waals surface area (Å²) >= 11 is 4.71. The van der Waals surface area contributed by atoms with Gasteiger partial charge >= 0.3 is 0 Å². The van der Waals surface area contributed by atoms with Crippen LogP contribution in [0.5, 0.6) is 0 Å². The van der Waals surface area contributed by atoms with E-state index in [9.17, 15) is 0 Å². The van der Waals surface area contributed by atoms with Crippen molar-refractivity contribution in [2.24, 2.45) is 0 Å². The third-order valence-corrected chi connectivity index (χ3v) is 2.92. The van der Waals surface area contributed by atoms with Crippen molar-refractivity contribution < 1.29 is 0 Å². The van der Waals surface area contributed by atoms with Gasteiger partial charge in [0.25, 0.3) is 0 Å². The van der Waals surface area contributed by atoms with Gasteiger partial charge in [-0.3, -0.25) is 0 Å². The molecule has 0 amide bonds. The van der Waals surface area contributed by atoms with Crippen LogP contribution in [0.2, 0.25) is 0 Å². The maximum absolute atomic E-state index is 4.71. The molecule has 0 aliphatic carbocycles. The summed E-state index contributed by atoms with van der Waals surface area (Å²) in [5.41, 5.74) is 0.302. The molecular weight excluding hydrogens is 154 g/mol. The van der Waals surface area contributed by atoms with Crippen molar-refractivity contribution >= 4 is 12.6 Å². The lowest BCUT2D eigenvalue weighted by Gasteiger charge is -2.23. The van der Waals surface area contributed by atoms with Crippen molar-refractivity contribution in [2.45, 2.75) is 50.3 Å². The summed E-state index contributed by atoms with van der Waals surface area (Å²) in [6.45, 7) is 7.79. The summed E-state index contributed by atoms with van der Waals surface area (Å²) in [4.78, 5) is 0. The zero-order valence-electron chi connectivity index (χ0n) is 7.78. The third kappa shape index (κ3) is 2.38. The highest BCUT2D eigenvalue weighted by atomic mass is 32.1. The lowest BCUT2D eigenvalue weighted by atomic mass is 9.93. The van der Waals surface area contributed by atoms with Crippen molar-refractivity contribution in [3.63, 3.8) is 0 Å². The van der Waals surface area contributed by atoms with Gasteiger partial charge in [0.1, 0.15) is 0 Å². The zero-order chi connectivity index (χ0) is 8.54. The van der Waals surface area contributed by atoms with Crippen LogP contribution >= 0.6 is 12.6 Å². The first-order valence-electron chi connectivity index (χ1n) is 4.45. The van der Waals surface area contributed by atoms with E-state index in [2.05, 4.69) is 26.1 Å². The van der Waals surface area contributed by atoms with Gasteiger partial charge in [-0.15, -0.1) is 0 Å². The Hall–Kier alpha value is 0.310. The predicted molar refractivity (Wildman–Crippen MR) is 53.3 cm³/mol. The van der Waals surface area contributed by atoms with E-state index in [-0.39, 0.29) is 4.75 Å². The topological polar surface area (TPSA) is 12.0 Å². The number of rotatable bonds is 2. The molecule has 0 saturated carbocycles. The van der Waals surface area contributed by atoms with Gasteiger partial charge < -0.3 is 5.32 Å². The molecule has 1 nitrogen and oxygen atoms in total. The predicted octanol–water partition coefficient (Wildman–Crippen LogP) is 2.23. The van der Waals surface area contributed by atoms with Crippen LogP contribution in [-0.2, 0) is 0 Å². The van der Waals surface area contributed by atoms with Crippen LogP contribution in [0.15, 0.2) is 0 Å². The fourth-order valence-corrected chi connectivity index (χ4v) is 2.69. The summed E-state index contributed by atoms with van der Waals surface area (Å²) < 4.78 is 0.262. The van der Waals surface area contributed by atoms with E-state index in [1.807, 2.05) is 0 Å². The summed E-state index contributed by atoms with van der Waals surface area (Å²) in [5, 5.41) is 3.49. The molecule has 2 heteroatoms. The second-order valence-electron chi connectivity index (χ2n) is 4.39. The Morgan fingerprint density at radius 1 is 1.45 bits per heavy atom. The number of hydrogen-bond donors (Lipinski definition) is 2. The molecule has 0 bridgehead atoms. The summed E-state index contributed by atoms with van der Waals surface area (Å²) in [6.07, 6.45) is 3.66. The van der Waals surface area contributed by atoms with Crippen LogP contribution in [0.25, 0.3) is 0 Å². The van der Waals surface area contributed by atoms with Crippen molar-refractivity contribution in [3.05, 3.63) is 0 Å². The van der Waals surface area contributed by atoms with Crippen molar-refractivity contribution in [3.8, 4) is 0 Å². The Bertz CT molecular complexity index is 144. The van der Waals surface area contributed by atoms with E-state index in [1.165, 1.54) is 19.3 Å². The number of nitrogens with one attached hydrogen (secondary N) is 1. The first kappa shape index (κ1) is 9.40. The Balaban J connectivity index is 2.51. The summed E-state index contributed by atoms with van der Waals surface area (Å²) in [7, 11) is 0. The minimum Gasteiger partial charge on any atom is -0.310 e. The van der Waals surface area contributed by atoms with Gasteiger partial charge in [0.2, 0.25) is 0 Å². The first-order valence-corrected chi connectivity index (χ1v) is 4.90.